The largest absolute Gasteiger partial charge is 0.329 e. The molecule has 0 spiro atoms. The van der Waals surface area contributed by atoms with Gasteiger partial charge in [-0.15, -0.1) is 0 Å². The van der Waals surface area contributed by atoms with Crippen molar-refractivity contribution >= 4 is 35.0 Å². The second kappa shape index (κ2) is 13.4. The van der Waals surface area contributed by atoms with Gasteiger partial charge in [-0.1, -0.05) is 153 Å². The summed E-state index contributed by atoms with van der Waals surface area (Å²) in [7, 11) is 2.13. The third-order valence-corrected chi connectivity index (χ3v) is 12.3. The third-order valence-electron chi connectivity index (χ3n) is 9.72. The summed E-state index contributed by atoms with van der Waals surface area (Å²) in [5, 5.41) is 0. The van der Waals surface area contributed by atoms with Crippen molar-refractivity contribution in [3.63, 3.8) is 0 Å². The van der Waals surface area contributed by atoms with Crippen LogP contribution in [0.5, 0.6) is 0 Å². The molecule has 5 aromatic carbocycles. The van der Waals surface area contributed by atoms with Crippen LogP contribution >= 0.6 is 23.5 Å². The van der Waals surface area contributed by atoms with E-state index in [-0.39, 0.29) is 5.41 Å². The quantitative estimate of drug-likeness (QED) is 0.148. The summed E-state index contributed by atoms with van der Waals surface area (Å²) in [6.45, 7) is 8.56. The van der Waals surface area contributed by atoms with Gasteiger partial charge in [0.05, 0.1) is 0 Å². The second-order valence-corrected chi connectivity index (χ2v) is 15.4. The van der Waals surface area contributed by atoms with Crippen molar-refractivity contribution in [2.24, 2.45) is 0 Å². The van der Waals surface area contributed by atoms with Crippen LogP contribution in [0.3, 0.4) is 0 Å². The predicted octanol–water partition coefficient (Wildman–Crippen LogP) is 12.9. The topological polar surface area (TPSA) is 16.1 Å². The first-order chi connectivity index (χ1) is 24.4. The first-order valence-corrected chi connectivity index (χ1v) is 18.7. The number of nitrogens with zero attached hydrogens (tertiary/aromatic N) is 2. The number of pyridine rings is 1. The Morgan fingerprint density at radius 1 is 0.660 bits per heavy atom. The summed E-state index contributed by atoms with van der Waals surface area (Å²) >= 11 is 3.82. The van der Waals surface area contributed by atoms with Gasteiger partial charge < -0.3 is 4.90 Å². The number of aromatic nitrogens is 1. The molecule has 2 aliphatic rings. The van der Waals surface area contributed by atoms with Gasteiger partial charge in [0.15, 0.2) is 0 Å². The molecule has 0 saturated carbocycles. The van der Waals surface area contributed by atoms with Gasteiger partial charge in [0.2, 0.25) is 0 Å². The lowest BCUT2D eigenvalue weighted by Crippen LogP contribution is -2.17. The average molecular weight is 683 g/mol. The molecule has 50 heavy (non-hydrogen) atoms. The molecule has 1 aliphatic heterocycles. The van der Waals surface area contributed by atoms with Crippen LogP contribution in [0.2, 0.25) is 0 Å². The lowest BCUT2D eigenvalue weighted by molar-refractivity contribution is 0.642. The van der Waals surface area contributed by atoms with Gasteiger partial charge in [-0.3, -0.25) is 0 Å². The number of hydrogen-bond acceptors (Lipinski definition) is 4. The Morgan fingerprint density at radius 3 is 2.22 bits per heavy atom. The van der Waals surface area contributed by atoms with E-state index >= 15 is 0 Å². The zero-order valence-electron chi connectivity index (χ0n) is 28.6. The maximum Gasteiger partial charge on any atom is 0.133 e. The minimum absolute atomic E-state index is 0.137. The van der Waals surface area contributed by atoms with Crippen LogP contribution < -0.4 is 4.90 Å². The second-order valence-electron chi connectivity index (χ2n) is 13.3. The van der Waals surface area contributed by atoms with E-state index in [0.29, 0.717) is 0 Å². The number of para-hydroxylation sites is 1. The summed E-state index contributed by atoms with van der Waals surface area (Å²) in [6.07, 6.45) is 10.7. The minimum atomic E-state index is -0.137. The van der Waals surface area contributed by atoms with Crippen LogP contribution in [0.4, 0.5) is 11.5 Å². The molecule has 6 aromatic rings. The van der Waals surface area contributed by atoms with Gasteiger partial charge in [0.1, 0.15) is 5.82 Å². The van der Waals surface area contributed by atoms with Crippen molar-refractivity contribution in [1.29, 1.82) is 0 Å². The number of anilines is 2. The zero-order valence-corrected chi connectivity index (χ0v) is 30.2. The maximum absolute atomic E-state index is 5.18. The molecule has 0 radical (unpaired) electrons. The molecule has 0 amide bonds. The van der Waals surface area contributed by atoms with Crippen LogP contribution in [-0.2, 0) is 11.8 Å². The first kappa shape index (κ1) is 32.2. The smallest absolute Gasteiger partial charge is 0.133 e. The Bertz CT molecular complexity index is 2320. The molecule has 4 heteroatoms. The Hall–Kier alpha value is -5.03. The highest BCUT2D eigenvalue weighted by Gasteiger charge is 2.40. The van der Waals surface area contributed by atoms with Crippen molar-refractivity contribution in [3.8, 4) is 33.4 Å². The third kappa shape index (κ3) is 5.83. The Morgan fingerprint density at radius 2 is 1.40 bits per heavy atom. The van der Waals surface area contributed by atoms with Gasteiger partial charge in [0.25, 0.3) is 0 Å². The molecule has 2 nitrogen and oxygen atoms in total. The van der Waals surface area contributed by atoms with Crippen LogP contribution in [0.1, 0.15) is 30.7 Å². The van der Waals surface area contributed by atoms with Crippen LogP contribution in [0.15, 0.2) is 178 Å². The number of hydrogen-bond donors (Lipinski definition) is 0. The van der Waals surface area contributed by atoms with E-state index in [4.69, 9.17) is 4.98 Å². The van der Waals surface area contributed by atoms with E-state index in [1.54, 1.807) is 6.08 Å². The van der Waals surface area contributed by atoms with E-state index in [9.17, 15) is 0 Å². The summed E-state index contributed by atoms with van der Waals surface area (Å²) in [5.41, 5.74) is 12.3. The van der Waals surface area contributed by atoms with Crippen molar-refractivity contribution in [3.05, 3.63) is 175 Å². The molecule has 0 N–H and O–H groups in total. The van der Waals surface area contributed by atoms with Gasteiger partial charge in [-0.2, -0.15) is 0 Å². The van der Waals surface area contributed by atoms with Gasteiger partial charge in [-0.05, 0) is 81.4 Å². The highest BCUT2D eigenvalue weighted by atomic mass is 32.2. The minimum Gasteiger partial charge on any atom is -0.329 e. The normalized spacial score (nSPS) is 13.9. The lowest BCUT2D eigenvalue weighted by Gasteiger charge is -2.28. The van der Waals surface area contributed by atoms with Crippen LogP contribution in [-0.4, -0.2) is 12.0 Å². The predicted molar refractivity (Wildman–Crippen MR) is 214 cm³/mol. The van der Waals surface area contributed by atoms with Crippen LogP contribution in [0, 0.1) is 0 Å². The van der Waals surface area contributed by atoms with Crippen molar-refractivity contribution in [2.45, 2.75) is 45.3 Å². The summed E-state index contributed by atoms with van der Waals surface area (Å²) in [6, 6.07) is 44.2. The summed E-state index contributed by atoms with van der Waals surface area (Å²) in [5.74, 6) is 0.916. The van der Waals surface area contributed by atoms with E-state index in [1.165, 1.54) is 58.5 Å². The molecule has 0 unspecified atom stereocenters. The average Bonchev–Trinajstić information content (AvgIpc) is 3.39. The SMILES string of the molecule is C=C/C=C\C=C/Cc1cc(-c2ccccc2)cc(N(C)c2ccccc2-c2ccc3c(c2)C(C)(C)c2c-3ccc3c2Sc2ccccc2S3)n1. The molecule has 0 atom stereocenters. The highest BCUT2D eigenvalue weighted by Crippen LogP contribution is 2.59. The van der Waals surface area contributed by atoms with Crippen LogP contribution in [0.25, 0.3) is 33.4 Å². The first-order valence-electron chi connectivity index (χ1n) is 17.0. The van der Waals surface area contributed by atoms with E-state index in [1.807, 2.05) is 35.7 Å². The summed E-state index contributed by atoms with van der Waals surface area (Å²) in [4.78, 5) is 12.9. The number of fused-ring (bicyclic) bond motifs is 6. The summed E-state index contributed by atoms with van der Waals surface area (Å²) < 4.78 is 0. The highest BCUT2D eigenvalue weighted by molar-refractivity contribution is 8.05. The fourth-order valence-electron chi connectivity index (χ4n) is 7.23. The fraction of sp³-hybridized carbons (Fsp3) is 0.109. The molecule has 0 saturated heterocycles. The van der Waals surface area contributed by atoms with E-state index in [2.05, 4.69) is 166 Å². The Kier molecular flexibility index (Phi) is 8.60. The van der Waals surface area contributed by atoms with Crippen molar-refractivity contribution in [1.82, 2.24) is 4.98 Å². The zero-order chi connectivity index (χ0) is 34.2. The Labute approximate surface area is 304 Å². The van der Waals surface area contributed by atoms with Gasteiger partial charge in [0, 0.05) is 55.4 Å². The van der Waals surface area contributed by atoms with Crippen molar-refractivity contribution in [2.75, 3.05) is 11.9 Å². The molecule has 1 aliphatic carbocycles. The Balaban J connectivity index is 1.17. The molecule has 2 heterocycles. The molecule has 0 fully saturated rings. The molecule has 244 valence electrons. The lowest BCUT2D eigenvalue weighted by atomic mass is 9.81. The number of allylic oxidation sites excluding steroid dienone is 5. The molecular weight excluding hydrogens is 645 g/mol. The molecular formula is C46H38N2S2. The standard InChI is InChI=1S/C46H38N2S2/c1-5-6-7-8-12-19-34-28-33(31-17-10-9-11-18-31)30-43(47-34)48(4)39-21-14-13-20-35(39)32-24-25-36-37-26-27-42-45(44(37)46(2,3)38(36)29-32)50-41-23-16-15-22-40(41)49-42/h5-18,20-30H,1,19H2,2-4H3/b7-6-,12-8-. The molecule has 1 aromatic heterocycles. The molecule has 0 bridgehead atoms. The molecule has 8 rings (SSSR count). The number of rotatable bonds is 8. The van der Waals surface area contributed by atoms with Gasteiger partial charge in [-0.25, -0.2) is 4.98 Å². The fourth-order valence-corrected chi connectivity index (χ4v) is 9.78. The maximum atomic E-state index is 5.18. The van der Waals surface area contributed by atoms with Crippen molar-refractivity contribution < 1.29 is 0 Å². The van der Waals surface area contributed by atoms with E-state index in [0.717, 1.165) is 29.2 Å². The van der Waals surface area contributed by atoms with E-state index < -0.39 is 0 Å². The monoisotopic (exact) mass is 682 g/mol. The van der Waals surface area contributed by atoms with Gasteiger partial charge >= 0.3 is 0 Å². The number of benzene rings is 5.